The number of rotatable bonds is 1. The maximum Gasteiger partial charge on any atom is 0.293 e. The molecule has 1 amide bonds. The van der Waals surface area contributed by atoms with E-state index >= 15 is 0 Å². The van der Waals surface area contributed by atoms with Gasteiger partial charge in [0.1, 0.15) is 0 Å². The summed E-state index contributed by atoms with van der Waals surface area (Å²) in [5.74, 6) is 4.19. The maximum absolute atomic E-state index is 10.3. The number of carbonyl (C=O) groups excluding carboxylic acids is 1. The lowest BCUT2D eigenvalue weighted by Gasteiger charge is -1.90. The van der Waals surface area contributed by atoms with Gasteiger partial charge in [-0.15, -0.1) is 0 Å². The van der Waals surface area contributed by atoms with E-state index in [1.165, 1.54) is 0 Å². The van der Waals surface area contributed by atoms with Crippen molar-refractivity contribution in [1.82, 2.24) is 0 Å². The summed E-state index contributed by atoms with van der Waals surface area (Å²) in [6.07, 6.45) is 0. The zero-order valence-corrected chi connectivity index (χ0v) is 7.97. The number of nitrogens with two attached hydrogens (primary N) is 1. The van der Waals surface area contributed by atoms with E-state index in [1.807, 2.05) is 0 Å². The van der Waals surface area contributed by atoms with Crippen molar-refractivity contribution in [2.24, 2.45) is 10.7 Å². The Morgan fingerprint density at radius 3 is 2.50 bits per heavy atom. The van der Waals surface area contributed by atoms with Crippen molar-refractivity contribution in [3.63, 3.8) is 0 Å². The fraction of sp³-hybridized carbons (Fsp3) is 0. The van der Waals surface area contributed by atoms with Gasteiger partial charge in [0.25, 0.3) is 5.91 Å². The van der Waals surface area contributed by atoms with Crippen molar-refractivity contribution in [2.75, 3.05) is 0 Å². The Hall–Kier alpha value is -1.95. The molecule has 0 aliphatic heterocycles. The molecule has 0 atom stereocenters. The van der Waals surface area contributed by atoms with Crippen LogP contribution in [0.3, 0.4) is 0 Å². The quantitative estimate of drug-likeness (QED) is 0.423. The Labute approximate surface area is 86.6 Å². The Balaban J connectivity index is 2.90. The fourth-order valence-corrected chi connectivity index (χ4v) is 0.911. The van der Waals surface area contributed by atoms with Crippen LogP contribution < -0.4 is 5.73 Å². The molecule has 3 nitrogen and oxygen atoms in total. The molecule has 0 radical (unpaired) electrons. The van der Waals surface area contributed by atoms with Gasteiger partial charge in [-0.2, -0.15) is 4.99 Å². The van der Waals surface area contributed by atoms with Gasteiger partial charge in [-0.05, 0) is 42.4 Å². The van der Waals surface area contributed by atoms with Crippen LogP contribution in [0.2, 0.25) is 0 Å². The molecule has 4 heteroatoms. The fourth-order valence-electron chi connectivity index (χ4n) is 0.806. The number of nitrogens with zero attached hydrogens (tertiary/aromatic N) is 1. The minimum atomic E-state index is -0.647. The first-order valence-electron chi connectivity index (χ1n) is 3.72. The SMILES string of the molecule is NC(=O)C#Cc1ccc(N=C=S)cc1. The molecule has 68 valence electrons. The molecular formula is C10H6N2OS. The van der Waals surface area contributed by atoms with E-state index in [-0.39, 0.29) is 0 Å². The van der Waals surface area contributed by atoms with Crippen molar-refractivity contribution < 1.29 is 4.79 Å². The van der Waals surface area contributed by atoms with Crippen LogP contribution in [0.1, 0.15) is 5.56 Å². The topological polar surface area (TPSA) is 55.5 Å². The van der Waals surface area contributed by atoms with E-state index in [1.54, 1.807) is 24.3 Å². The summed E-state index contributed by atoms with van der Waals surface area (Å²) < 4.78 is 0. The summed E-state index contributed by atoms with van der Waals surface area (Å²) in [6, 6.07) is 6.90. The van der Waals surface area contributed by atoms with E-state index in [0.29, 0.717) is 11.3 Å². The van der Waals surface area contributed by atoms with Gasteiger partial charge in [0.05, 0.1) is 10.8 Å². The van der Waals surface area contributed by atoms with E-state index in [9.17, 15) is 4.79 Å². The smallest absolute Gasteiger partial charge is 0.293 e. The van der Waals surface area contributed by atoms with Gasteiger partial charge in [0.15, 0.2) is 0 Å². The molecule has 0 saturated carbocycles. The summed E-state index contributed by atoms with van der Waals surface area (Å²) in [4.78, 5) is 14.1. The number of carbonyl (C=O) groups is 1. The molecule has 0 heterocycles. The van der Waals surface area contributed by atoms with Crippen molar-refractivity contribution in [1.29, 1.82) is 0 Å². The second kappa shape index (κ2) is 4.93. The number of thiocarbonyl (C=S) groups is 1. The van der Waals surface area contributed by atoms with Crippen molar-refractivity contribution in [2.45, 2.75) is 0 Å². The highest BCUT2D eigenvalue weighted by Gasteiger charge is 1.89. The van der Waals surface area contributed by atoms with Crippen LogP contribution in [0.15, 0.2) is 29.3 Å². The van der Waals surface area contributed by atoms with Gasteiger partial charge in [0, 0.05) is 5.56 Å². The summed E-state index contributed by atoms with van der Waals surface area (Å²) in [5.41, 5.74) is 6.26. The van der Waals surface area contributed by atoms with Crippen molar-refractivity contribution >= 4 is 29.0 Å². The highest BCUT2D eigenvalue weighted by molar-refractivity contribution is 7.78. The van der Waals surface area contributed by atoms with Crippen LogP contribution in [0.25, 0.3) is 0 Å². The van der Waals surface area contributed by atoms with Crippen LogP contribution in [-0.2, 0) is 4.79 Å². The molecule has 0 spiro atoms. The molecular weight excluding hydrogens is 196 g/mol. The summed E-state index contributed by atoms with van der Waals surface area (Å²) in [7, 11) is 0. The lowest BCUT2D eigenvalue weighted by molar-refractivity contribution is -0.112. The largest absolute Gasteiger partial charge is 0.359 e. The number of aliphatic imine (C=N–C) groups is 1. The van der Waals surface area contributed by atoms with E-state index in [0.717, 1.165) is 0 Å². The highest BCUT2D eigenvalue weighted by atomic mass is 32.1. The number of amides is 1. The maximum atomic E-state index is 10.3. The molecule has 1 aromatic carbocycles. The minimum absolute atomic E-state index is 0.647. The molecule has 0 unspecified atom stereocenters. The number of isothiocyanates is 1. The van der Waals surface area contributed by atoms with Crippen LogP contribution in [0, 0.1) is 11.8 Å². The predicted octanol–water partition coefficient (Wildman–Crippen LogP) is 1.26. The van der Waals surface area contributed by atoms with Gasteiger partial charge >= 0.3 is 0 Å². The van der Waals surface area contributed by atoms with Crippen LogP contribution in [0.4, 0.5) is 5.69 Å². The average molecular weight is 202 g/mol. The number of benzene rings is 1. The summed E-state index contributed by atoms with van der Waals surface area (Å²) in [6.45, 7) is 0. The molecule has 0 bridgehead atoms. The first kappa shape index (κ1) is 10.1. The van der Waals surface area contributed by atoms with Gasteiger partial charge in [-0.3, -0.25) is 4.79 Å². The second-order valence-corrected chi connectivity index (χ2v) is 2.55. The lowest BCUT2D eigenvalue weighted by atomic mass is 10.2. The van der Waals surface area contributed by atoms with E-state index < -0.39 is 5.91 Å². The Kier molecular flexibility index (Phi) is 3.57. The average Bonchev–Trinajstić information content (AvgIpc) is 2.17. The molecule has 1 rings (SSSR count). The second-order valence-electron chi connectivity index (χ2n) is 2.36. The minimum Gasteiger partial charge on any atom is -0.359 e. The molecule has 0 saturated heterocycles. The zero-order valence-electron chi connectivity index (χ0n) is 7.15. The number of primary amides is 1. The number of hydrogen-bond donors (Lipinski definition) is 1. The first-order valence-corrected chi connectivity index (χ1v) is 4.12. The first-order chi connectivity index (χ1) is 6.72. The van der Waals surface area contributed by atoms with Gasteiger partial charge in [0.2, 0.25) is 0 Å². The molecule has 0 fully saturated rings. The Morgan fingerprint density at radius 1 is 1.36 bits per heavy atom. The van der Waals surface area contributed by atoms with Gasteiger partial charge < -0.3 is 5.73 Å². The van der Waals surface area contributed by atoms with Crippen molar-refractivity contribution in [3.05, 3.63) is 29.8 Å². The lowest BCUT2D eigenvalue weighted by Crippen LogP contribution is -2.06. The van der Waals surface area contributed by atoms with E-state index in [2.05, 4.69) is 34.2 Å². The number of hydrogen-bond acceptors (Lipinski definition) is 3. The monoisotopic (exact) mass is 202 g/mol. The van der Waals surface area contributed by atoms with Crippen LogP contribution in [-0.4, -0.2) is 11.1 Å². The normalized spacial score (nSPS) is 8.00. The molecule has 0 aliphatic carbocycles. The third kappa shape index (κ3) is 3.20. The van der Waals surface area contributed by atoms with E-state index in [4.69, 9.17) is 5.73 Å². The molecule has 0 aromatic heterocycles. The van der Waals surface area contributed by atoms with Crippen LogP contribution in [0.5, 0.6) is 0 Å². The summed E-state index contributed by atoms with van der Waals surface area (Å²) in [5, 5.41) is 2.25. The standard InChI is InChI=1S/C10H6N2OS/c11-10(13)6-3-8-1-4-9(5-2-8)12-7-14/h1-2,4-5H,(H2,11,13). The molecule has 1 aromatic rings. The summed E-state index contributed by atoms with van der Waals surface area (Å²) >= 11 is 4.45. The third-order valence-electron chi connectivity index (χ3n) is 1.37. The molecule has 0 aliphatic rings. The third-order valence-corrected chi connectivity index (χ3v) is 1.46. The molecule has 2 N–H and O–H groups in total. The van der Waals surface area contributed by atoms with Gasteiger partial charge in [-0.25, -0.2) is 0 Å². The molecule has 14 heavy (non-hydrogen) atoms. The highest BCUT2D eigenvalue weighted by Crippen LogP contribution is 2.11. The van der Waals surface area contributed by atoms with Crippen molar-refractivity contribution in [3.8, 4) is 11.8 Å². The Bertz CT molecular complexity index is 447. The van der Waals surface area contributed by atoms with Crippen LogP contribution >= 0.6 is 12.2 Å². The Morgan fingerprint density at radius 2 is 2.00 bits per heavy atom. The predicted molar refractivity (Wildman–Crippen MR) is 57.2 cm³/mol. The van der Waals surface area contributed by atoms with Gasteiger partial charge in [-0.1, -0.05) is 5.92 Å². The zero-order chi connectivity index (χ0) is 10.4.